The van der Waals surface area contributed by atoms with Gasteiger partial charge in [0.15, 0.2) is 0 Å². The molecule has 2 bridgehead atoms. The van der Waals surface area contributed by atoms with Crippen LogP contribution in [0.2, 0.25) is 0 Å². The Morgan fingerprint density at radius 2 is 1.72 bits per heavy atom. The van der Waals surface area contributed by atoms with Crippen molar-refractivity contribution in [1.82, 2.24) is 13.9 Å². The Kier molecular flexibility index (Phi) is 5.22. The highest BCUT2D eigenvalue weighted by Gasteiger charge is 2.37. The minimum Gasteiger partial charge on any atom is -0.306 e. The van der Waals surface area contributed by atoms with Gasteiger partial charge in [-0.1, -0.05) is 12.1 Å². The summed E-state index contributed by atoms with van der Waals surface area (Å²) >= 11 is 0. The van der Waals surface area contributed by atoms with Crippen LogP contribution >= 0.6 is 0 Å². The van der Waals surface area contributed by atoms with E-state index in [0.29, 0.717) is 0 Å². The number of hydrogen-bond donors (Lipinski definition) is 0. The fourth-order valence-corrected chi connectivity index (χ4v) is 5.47. The van der Waals surface area contributed by atoms with Gasteiger partial charge in [-0.3, -0.25) is 0 Å². The molecule has 0 unspecified atom stereocenters. The average Bonchev–Trinajstić information content (AvgIpc) is 3.33. The van der Waals surface area contributed by atoms with Gasteiger partial charge in [-0.05, 0) is 67.1 Å². The molecule has 1 fully saturated rings. The molecule has 5 rings (SSSR count). The van der Waals surface area contributed by atoms with E-state index in [1.54, 1.807) is 18.5 Å². The summed E-state index contributed by atoms with van der Waals surface area (Å²) in [7, 11) is -0.584. The van der Waals surface area contributed by atoms with Crippen LogP contribution < -0.4 is 0 Å². The third-order valence-electron chi connectivity index (χ3n) is 6.52. The molecule has 0 amide bonds. The Hall–Kier alpha value is -2.84. The van der Waals surface area contributed by atoms with Crippen molar-refractivity contribution < 1.29 is 12.8 Å². The summed E-state index contributed by atoms with van der Waals surface area (Å²) in [6.45, 7) is 0. The molecule has 1 aromatic heterocycles. The summed E-state index contributed by atoms with van der Waals surface area (Å²) in [6.07, 6.45) is 7.23. The van der Waals surface area contributed by atoms with Crippen molar-refractivity contribution in [3.63, 3.8) is 0 Å². The molecular formula is C24H25FN4O2S. The Bertz CT molecular complexity index is 1300. The van der Waals surface area contributed by atoms with Crippen LogP contribution in [0.25, 0.3) is 16.9 Å². The maximum atomic E-state index is 13.2. The van der Waals surface area contributed by atoms with Crippen LogP contribution in [0.1, 0.15) is 24.0 Å². The first-order valence-electron chi connectivity index (χ1n) is 10.7. The number of rotatable bonds is 4. The predicted octanol–water partition coefficient (Wildman–Crippen LogP) is 4.05. The van der Waals surface area contributed by atoms with Crippen LogP contribution in [-0.4, -0.2) is 42.1 Å². The molecule has 8 heteroatoms. The molecule has 0 aliphatic heterocycles. The van der Waals surface area contributed by atoms with Gasteiger partial charge in [-0.25, -0.2) is 9.37 Å². The summed E-state index contributed by atoms with van der Waals surface area (Å²) < 4.78 is 45.3. The molecule has 2 aliphatic carbocycles. The molecule has 1 saturated carbocycles. The number of nitrogens with zero attached hydrogens (tertiary/aromatic N) is 4. The number of fused-ring (bicyclic) bond motifs is 3. The Labute approximate surface area is 187 Å². The standard InChI is InChI=1S/C24H25FN4O2S/c1-28(2)32(30,31)27-24-18-5-6-19(24)13-20-12-17(4-3-16(20)11-18)23-14-29(15-26-23)22-9-7-21(25)8-10-22/h3-4,7-10,12,14-15,18-19H,5-6,11,13H2,1-2H3/t18-,19+/m0/s1. The molecule has 0 radical (unpaired) electrons. The van der Waals surface area contributed by atoms with Crippen molar-refractivity contribution in [1.29, 1.82) is 0 Å². The van der Waals surface area contributed by atoms with E-state index < -0.39 is 10.2 Å². The lowest BCUT2D eigenvalue weighted by molar-refractivity contribution is 0.522. The van der Waals surface area contributed by atoms with Crippen molar-refractivity contribution in [3.8, 4) is 16.9 Å². The van der Waals surface area contributed by atoms with Gasteiger partial charge in [0, 0.05) is 49.1 Å². The molecule has 6 nitrogen and oxygen atoms in total. The smallest absolute Gasteiger partial charge is 0.306 e. The lowest BCUT2D eigenvalue weighted by Gasteiger charge is -2.13. The Morgan fingerprint density at radius 1 is 1.03 bits per heavy atom. The number of halogens is 1. The molecule has 3 aromatic rings. The van der Waals surface area contributed by atoms with Crippen molar-refractivity contribution in [2.24, 2.45) is 16.2 Å². The van der Waals surface area contributed by atoms with Crippen molar-refractivity contribution in [3.05, 3.63) is 71.9 Å². The number of aromatic nitrogens is 2. The zero-order valence-electron chi connectivity index (χ0n) is 18.1. The number of benzene rings is 2. The van der Waals surface area contributed by atoms with Gasteiger partial charge in [0.05, 0.1) is 12.0 Å². The van der Waals surface area contributed by atoms with Crippen LogP contribution in [0, 0.1) is 17.7 Å². The summed E-state index contributed by atoms with van der Waals surface area (Å²) in [5.41, 5.74) is 6.03. The summed E-state index contributed by atoms with van der Waals surface area (Å²) in [5, 5.41) is 0. The van der Waals surface area contributed by atoms with E-state index in [1.807, 2.05) is 10.8 Å². The molecule has 166 valence electrons. The van der Waals surface area contributed by atoms with Crippen molar-refractivity contribution in [2.75, 3.05) is 14.1 Å². The van der Waals surface area contributed by atoms with Crippen LogP contribution in [0.5, 0.6) is 0 Å². The third kappa shape index (κ3) is 3.89. The zero-order valence-corrected chi connectivity index (χ0v) is 18.9. The quantitative estimate of drug-likeness (QED) is 0.600. The molecule has 2 aromatic carbocycles. The number of hydrogen-bond acceptors (Lipinski definition) is 3. The highest BCUT2D eigenvalue weighted by atomic mass is 32.2. The maximum absolute atomic E-state index is 13.2. The molecule has 0 N–H and O–H groups in total. The first kappa shape index (κ1) is 21.0. The van der Waals surface area contributed by atoms with Gasteiger partial charge in [0.2, 0.25) is 0 Å². The third-order valence-corrected chi connectivity index (χ3v) is 7.89. The summed E-state index contributed by atoms with van der Waals surface area (Å²) in [5.74, 6) is 0.0675. The van der Waals surface area contributed by atoms with Crippen LogP contribution in [0.3, 0.4) is 0 Å². The van der Waals surface area contributed by atoms with E-state index >= 15 is 0 Å². The number of imidazole rings is 1. The molecular weight excluding hydrogens is 427 g/mol. The average molecular weight is 453 g/mol. The monoisotopic (exact) mass is 452 g/mol. The first-order valence-corrected chi connectivity index (χ1v) is 12.1. The molecule has 32 heavy (non-hydrogen) atoms. The highest BCUT2D eigenvalue weighted by molar-refractivity contribution is 7.87. The van der Waals surface area contributed by atoms with Gasteiger partial charge < -0.3 is 4.57 Å². The van der Waals surface area contributed by atoms with E-state index in [1.165, 1.54) is 41.7 Å². The van der Waals surface area contributed by atoms with E-state index in [-0.39, 0.29) is 17.7 Å². The lowest BCUT2D eigenvalue weighted by atomic mass is 9.91. The molecule has 2 atom stereocenters. The fourth-order valence-electron chi connectivity index (χ4n) is 4.74. The van der Waals surface area contributed by atoms with Gasteiger partial charge >= 0.3 is 10.2 Å². The van der Waals surface area contributed by atoms with Crippen LogP contribution in [0.15, 0.2) is 59.4 Å². The summed E-state index contributed by atoms with van der Waals surface area (Å²) in [6, 6.07) is 12.7. The van der Waals surface area contributed by atoms with E-state index in [2.05, 4.69) is 27.6 Å². The van der Waals surface area contributed by atoms with Crippen LogP contribution in [-0.2, 0) is 23.1 Å². The summed E-state index contributed by atoms with van der Waals surface area (Å²) in [4.78, 5) is 4.55. The minimum absolute atomic E-state index is 0.156. The molecule has 0 spiro atoms. The molecule has 2 aliphatic rings. The largest absolute Gasteiger partial charge is 0.321 e. The van der Waals surface area contributed by atoms with E-state index in [9.17, 15) is 12.8 Å². The fraction of sp³-hybridized carbons (Fsp3) is 0.333. The second-order valence-corrected chi connectivity index (χ2v) is 10.6. The second kappa shape index (κ2) is 7.94. The van der Waals surface area contributed by atoms with E-state index in [0.717, 1.165) is 48.3 Å². The van der Waals surface area contributed by atoms with E-state index in [4.69, 9.17) is 0 Å². The van der Waals surface area contributed by atoms with Gasteiger partial charge in [0.1, 0.15) is 5.82 Å². The zero-order chi connectivity index (χ0) is 22.5. The highest BCUT2D eigenvalue weighted by Crippen LogP contribution is 2.39. The molecule has 1 heterocycles. The minimum atomic E-state index is -3.62. The van der Waals surface area contributed by atoms with Crippen molar-refractivity contribution in [2.45, 2.75) is 25.7 Å². The topological polar surface area (TPSA) is 67.6 Å². The maximum Gasteiger partial charge on any atom is 0.321 e. The van der Waals surface area contributed by atoms with Gasteiger partial charge in [0.25, 0.3) is 0 Å². The SMILES string of the molecule is CN(C)S(=O)(=O)N=C1[C@@H]2CC[C@H]1Cc1ccc(-c3cn(-c4ccc(F)cc4)cn3)cc1C2. The lowest BCUT2D eigenvalue weighted by Crippen LogP contribution is -2.24. The Morgan fingerprint density at radius 3 is 2.41 bits per heavy atom. The van der Waals surface area contributed by atoms with Gasteiger partial charge in [-0.2, -0.15) is 17.1 Å². The second-order valence-electron chi connectivity index (χ2n) is 8.78. The van der Waals surface area contributed by atoms with Gasteiger partial charge in [-0.15, -0.1) is 0 Å². The molecule has 0 saturated heterocycles. The first-order chi connectivity index (χ1) is 15.3. The predicted molar refractivity (Wildman–Crippen MR) is 123 cm³/mol. The van der Waals surface area contributed by atoms with Crippen LogP contribution in [0.4, 0.5) is 4.39 Å². The normalized spacial score (nSPS) is 21.7. The van der Waals surface area contributed by atoms with Crippen molar-refractivity contribution >= 4 is 15.9 Å². The Balaban J connectivity index is 1.45.